The van der Waals surface area contributed by atoms with Crippen molar-refractivity contribution in [2.45, 2.75) is 13.3 Å². The Morgan fingerprint density at radius 1 is 1.38 bits per heavy atom. The fourth-order valence-corrected chi connectivity index (χ4v) is 1.74. The number of hydrogen-bond donors (Lipinski definition) is 0. The van der Waals surface area contributed by atoms with E-state index in [4.69, 9.17) is 5.26 Å². The van der Waals surface area contributed by atoms with Crippen molar-refractivity contribution in [3.8, 4) is 6.07 Å². The van der Waals surface area contributed by atoms with E-state index in [2.05, 4.69) is 0 Å². The standard InChI is InChI=1S/C12H13NO2S/c1-3-10-4-6-11(7-5-10)8-12(9-13)16(2,14)15/h4-8H,3H2,1-2H3/b12-8-. The van der Waals surface area contributed by atoms with Gasteiger partial charge in [0.05, 0.1) is 0 Å². The Balaban J connectivity index is 3.12. The van der Waals surface area contributed by atoms with Crippen LogP contribution in [0.25, 0.3) is 6.08 Å². The Kier molecular flexibility index (Phi) is 3.86. The molecule has 0 heterocycles. The van der Waals surface area contributed by atoms with Gasteiger partial charge < -0.3 is 0 Å². The van der Waals surface area contributed by atoms with Crippen LogP contribution in [-0.2, 0) is 16.3 Å². The summed E-state index contributed by atoms with van der Waals surface area (Å²) in [6, 6.07) is 9.15. The van der Waals surface area contributed by atoms with Crippen molar-refractivity contribution < 1.29 is 8.42 Å². The monoisotopic (exact) mass is 235 g/mol. The summed E-state index contributed by atoms with van der Waals surface area (Å²) in [6.07, 6.45) is 3.35. The summed E-state index contributed by atoms with van der Waals surface area (Å²) < 4.78 is 22.4. The van der Waals surface area contributed by atoms with Crippen molar-refractivity contribution >= 4 is 15.9 Å². The van der Waals surface area contributed by atoms with Gasteiger partial charge in [-0.05, 0) is 23.6 Å². The number of nitriles is 1. The molecule has 1 aromatic rings. The normalized spacial score (nSPS) is 12.2. The molecule has 0 aliphatic carbocycles. The average Bonchev–Trinajstić information content (AvgIpc) is 2.25. The number of aryl methyl sites for hydroxylation is 1. The molecule has 1 aromatic carbocycles. The lowest BCUT2D eigenvalue weighted by atomic mass is 10.1. The molecule has 0 atom stereocenters. The number of hydrogen-bond acceptors (Lipinski definition) is 3. The Bertz CT molecular complexity index is 533. The van der Waals surface area contributed by atoms with Gasteiger partial charge >= 0.3 is 0 Å². The fraction of sp³-hybridized carbons (Fsp3) is 0.250. The third-order valence-electron chi connectivity index (χ3n) is 2.20. The SMILES string of the molecule is CCc1ccc(/C=C(/C#N)S(C)(=O)=O)cc1. The molecule has 4 heteroatoms. The van der Waals surface area contributed by atoms with Gasteiger partial charge in [-0.15, -0.1) is 0 Å². The van der Waals surface area contributed by atoms with Crippen LogP contribution in [0.5, 0.6) is 0 Å². The number of nitrogens with zero attached hydrogens (tertiary/aromatic N) is 1. The van der Waals surface area contributed by atoms with E-state index in [1.165, 1.54) is 11.6 Å². The van der Waals surface area contributed by atoms with Crippen LogP contribution in [-0.4, -0.2) is 14.7 Å². The highest BCUT2D eigenvalue weighted by molar-refractivity contribution is 7.95. The minimum atomic E-state index is -3.43. The zero-order valence-corrected chi connectivity index (χ0v) is 10.1. The van der Waals surface area contributed by atoms with Gasteiger partial charge in [-0.3, -0.25) is 0 Å². The number of allylic oxidation sites excluding steroid dienone is 1. The van der Waals surface area contributed by atoms with Crippen LogP contribution in [0, 0.1) is 11.3 Å². The van der Waals surface area contributed by atoms with Gasteiger partial charge in [-0.1, -0.05) is 31.2 Å². The Labute approximate surface area is 95.9 Å². The molecule has 0 aliphatic rings. The van der Waals surface area contributed by atoms with E-state index in [0.29, 0.717) is 0 Å². The average molecular weight is 235 g/mol. The highest BCUT2D eigenvalue weighted by Gasteiger charge is 2.09. The number of rotatable bonds is 3. The highest BCUT2D eigenvalue weighted by atomic mass is 32.2. The van der Waals surface area contributed by atoms with E-state index in [1.54, 1.807) is 18.2 Å². The maximum atomic E-state index is 11.2. The predicted octanol–water partition coefficient (Wildman–Crippen LogP) is 2.16. The minimum absolute atomic E-state index is 0.211. The third-order valence-corrected chi connectivity index (χ3v) is 3.20. The lowest BCUT2D eigenvalue weighted by Gasteiger charge is -1.98. The molecule has 84 valence electrons. The second-order valence-electron chi connectivity index (χ2n) is 3.49. The van der Waals surface area contributed by atoms with Crippen molar-refractivity contribution in [3.05, 3.63) is 40.3 Å². The van der Waals surface area contributed by atoms with Crippen molar-refractivity contribution in [2.75, 3.05) is 6.26 Å². The molecule has 3 nitrogen and oxygen atoms in total. The lowest BCUT2D eigenvalue weighted by molar-refractivity contribution is 0.609. The summed E-state index contributed by atoms with van der Waals surface area (Å²) >= 11 is 0. The number of benzene rings is 1. The molecule has 0 spiro atoms. The van der Waals surface area contributed by atoms with Gasteiger partial charge in [0.2, 0.25) is 0 Å². The van der Waals surface area contributed by atoms with Crippen molar-refractivity contribution in [1.29, 1.82) is 5.26 Å². The Morgan fingerprint density at radius 3 is 2.31 bits per heavy atom. The quantitative estimate of drug-likeness (QED) is 0.754. The van der Waals surface area contributed by atoms with E-state index < -0.39 is 9.84 Å². The summed E-state index contributed by atoms with van der Waals surface area (Å²) in [6.45, 7) is 2.04. The van der Waals surface area contributed by atoms with E-state index in [9.17, 15) is 8.42 Å². The molecule has 0 saturated heterocycles. The van der Waals surface area contributed by atoms with E-state index in [-0.39, 0.29) is 4.91 Å². The second-order valence-corrected chi connectivity index (χ2v) is 5.47. The van der Waals surface area contributed by atoms with Gasteiger partial charge in [-0.2, -0.15) is 5.26 Å². The second kappa shape index (κ2) is 4.95. The van der Waals surface area contributed by atoms with Gasteiger partial charge in [0.25, 0.3) is 0 Å². The van der Waals surface area contributed by atoms with Crippen LogP contribution < -0.4 is 0 Å². The fourth-order valence-electron chi connectivity index (χ4n) is 1.22. The molecule has 16 heavy (non-hydrogen) atoms. The van der Waals surface area contributed by atoms with E-state index >= 15 is 0 Å². The smallest absolute Gasteiger partial charge is 0.185 e. The van der Waals surface area contributed by atoms with Crippen LogP contribution in [0.2, 0.25) is 0 Å². The van der Waals surface area contributed by atoms with Gasteiger partial charge in [0.1, 0.15) is 11.0 Å². The molecular formula is C12H13NO2S. The third kappa shape index (κ3) is 3.21. The first-order valence-corrected chi connectivity index (χ1v) is 6.77. The maximum absolute atomic E-state index is 11.2. The van der Waals surface area contributed by atoms with Crippen LogP contribution in [0.1, 0.15) is 18.1 Å². The summed E-state index contributed by atoms with van der Waals surface area (Å²) in [7, 11) is -3.43. The van der Waals surface area contributed by atoms with Gasteiger partial charge in [-0.25, -0.2) is 8.42 Å². The first-order valence-electron chi connectivity index (χ1n) is 4.88. The molecule has 0 aromatic heterocycles. The van der Waals surface area contributed by atoms with Gasteiger partial charge in [0, 0.05) is 6.26 Å². The predicted molar refractivity (Wildman–Crippen MR) is 64.3 cm³/mol. The summed E-state index contributed by atoms with van der Waals surface area (Å²) in [4.78, 5) is -0.211. The molecule has 1 rings (SSSR count). The lowest BCUT2D eigenvalue weighted by Crippen LogP contribution is -1.98. The summed E-state index contributed by atoms with van der Waals surface area (Å²) in [5.41, 5.74) is 1.90. The van der Waals surface area contributed by atoms with Crippen LogP contribution in [0.3, 0.4) is 0 Å². The van der Waals surface area contributed by atoms with E-state index in [0.717, 1.165) is 18.2 Å². The molecule has 0 amide bonds. The van der Waals surface area contributed by atoms with Crippen molar-refractivity contribution in [3.63, 3.8) is 0 Å². The zero-order chi connectivity index (χ0) is 12.2. The van der Waals surface area contributed by atoms with Crippen molar-refractivity contribution in [2.24, 2.45) is 0 Å². The largest absolute Gasteiger partial charge is 0.223 e. The highest BCUT2D eigenvalue weighted by Crippen LogP contribution is 2.12. The Morgan fingerprint density at radius 2 is 1.94 bits per heavy atom. The molecule has 0 aliphatic heterocycles. The molecular weight excluding hydrogens is 222 g/mol. The molecule has 0 radical (unpaired) electrons. The minimum Gasteiger partial charge on any atom is -0.223 e. The molecule has 0 N–H and O–H groups in total. The van der Waals surface area contributed by atoms with Crippen LogP contribution in [0.4, 0.5) is 0 Å². The summed E-state index contributed by atoms with van der Waals surface area (Å²) in [5, 5.41) is 8.73. The molecule has 0 saturated carbocycles. The van der Waals surface area contributed by atoms with Crippen LogP contribution >= 0.6 is 0 Å². The molecule has 0 bridgehead atoms. The number of sulfone groups is 1. The first kappa shape index (κ1) is 12.5. The summed E-state index contributed by atoms with van der Waals surface area (Å²) in [5.74, 6) is 0. The molecule has 0 fully saturated rings. The maximum Gasteiger partial charge on any atom is 0.185 e. The Hall–Kier alpha value is -1.60. The topological polar surface area (TPSA) is 57.9 Å². The molecule has 0 unspecified atom stereocenters. The van der Waals surface area contributed by atoms with Crippen LogP contribution in [0.15, 0.2) is 29.2 Å². The first-order chi connectivity index (χ1) is 7.47. The van der Waals surface area contributed by atoms with Gasteiger partial charge in [0.15, 0.2) is 9.84 Å². The van der Waals surface area contributed by atoms with Crippen molar-refractivity contribution in [1.82, 2.24) is 0 Å². The zero-order valence-electron chi connectivity index (χ0n) is 9.27. The van der Waals surface area contributed by atoms with E-state index in [1.807, 2.05) is 19.1 Å².